The normalized spacial score (nSPS) is 11.0. The number of rotatable bonds is 6. The van der Waals surface area contributed by atoms with Crippen LogP contribution in [0.1, 0.15) is 27.7 Å². The number of ketones is 1. The Morgan fingerprint density at radius 2 is 2.21 bits per heavy atom. The highest BCUT2D eigenvalue weighted by Crippen LogP contribution is 2.37. The van der Waals surface area contributed by atoms with Crippen LogP contribution < -0.4 is 9.47 Å². The van der Waals surface area contributed by atoms with E-state index in [2.05, 4.69) is 0 Å². The van der Waals surface area contributed by atoms with Crippen molar-refractivity contribution in [1.82, 2.24) is 0 Å². The maximum absolute atomic E-state index is 12.5. The highest BCUT2D eigenvalue weighted by Gasteiger charge is 2.17. The molecule has 0 fully saturated rings. The van der Waals surface area contributed by atoms with Crippen LogP contribution in [0.2, 0.25) is 5.02 Å². The summed E-state index contributed by atoms with van der Waals surface area (Å²) in [5.41, 5.74) is 1.50. The Kier molecular flexibility index (Phi) is 6.02. The van der Waals surface area contributed by atoms with Gasteiger partial charge in [-0.1, -0.05) is 11.6 Å². The summed E-state index contributed by atoms with van der Waals surface area (Å²) >= 11 is 7.52. The number of Topliss-reactive ketones (excluding diaryl/α,β-unsaturated/α-hetero) is 1. The zero-order chi connectivity index (χ0) is 17.7. The summed E-state index contributed by atoms with van der Waals surface area (Å²) in [4.78, 5) is 13.1. The number of methoxy groups -OCH3 is 1. The molecule has 0 bridgehead atoms. The van der Waals surface area contributed by atoms with E-state index in [9.17, 15) is 10.1 Å². The lowest BCUT2D eigenvalue weighted by Gasteiger charge is -2.12. The Hall–Kier alpha value is -2.29. The Labute approximate surface area is 149 Å². The summed E-state index contributed by atoms with van der Waals surface area (Å²) in [7, 11) is 1.50. The summed E-state index contributed by atoms with van der Waals surface area (Å²) < 4.78 is 10.7. The van der Waals surface area contributed by atoms with E-state index in [1.165, 1.54) is 24.5 Å². The fraction of sp³-hybridized carbons (Fsp3) is 0.222. The standard InChI is InChI=1S/C18H16ClNO3S/c1-4-23-15-9-12(8-14(19)17(15)22-3)7-13(10-20)16(21)18-11(2)5-6-24-18/h5-9H,4H2,1-3H3/b13-7-. The Balaban J connectivity index is 2.46. The van der Waals surface area contributed by atoms with Gasteiger partial charge in [-0.05, 0) is 54.6 Å². The van der Waals surface area contributed by atoms with Crippen LogP contribution >= 0.6 is 22.9 Å². The monoisotopic (exact) mass is 361 g/mol. The van der Waals surface area contributed by atoms with Crippen molar-refractivity contribution in [3.05, 3.63) is 50.2 Å². The molecule has 0 saturated heterocycles. The molecule has 0 amide bonds. The lowest BCUT2D eigenvalue weighted by Crippen LogP contribution is -2.01. The van der Waals surface area contributed by atoms with Gasteiger partial charge < -0.3 is 9.47 Å². The fourth-order valence-corrected chi connectivity index (χ4v) is 3.35. The molecule has 6 heteroatoms. The van der Waals surface area contributed by atoms with Crippen LogP contribution in [0.15, 0.2) is 29.2 Å². The van der Waals surface area contributed by atoms with Gasteiger partial charge in [0, 0.05) is 0 Å². The number of aryl methyl sites for hydroxylation is 1. The first kappa shape index (κ1) is 18.1. The Morgan fingerprint density at radius 3 is 2.75 bits per heavy atom. The zero-order valence-corrected chi connectivity index (χ0v) is 15.1. The third-order valence-electron chi connectivity index (χ3n) is 3.28. The maximum Gasteiger partial charge on any atom is 0.213 e. The molecular weight excluding hydrogens is 346 g/mol. The minimum absolute atomic E-state index is 0.0456. The van der Waals surface area contributed by atoms with E-state index >= 15 is 0 Å². The molecule has 0 aliphatic heterocycles. The zero-order valence-electron chi connectivity index (χ0n) is 13.6. The fourth-order valence-electron chi connectivity index (χ4n) is 2.18. The molecule has 0 saturated carbocycles. The van der Waals surface area contributed by atoms with Gasteiger partial charge in [0.2, 0.25) is 5.78 Å². The minimum Gasteiger partial charge on any atom is -0.491 e. The number of benzene rings is 1. The Bertz CT molecular complexity index is 833. The van der Waals surface area contributed by atoms with Gasteiger partial charge in [0.05, 0.1) is 23.6 Å². The summed E-state index contributed by atoms with van der Waals surface area (Å²) in [6.45, 7) is 4.13. The molecule has 0 spiro atoms. The van der Waals surface area contributed by atoms with Crippen molar-refractivity contribution in [2.24, 2.45) is 0 Å². The van der Waals surface area contributed by atoms with Crippen molar-refractivity contribution in [1.29, 1.82) is 5.26 Å². The molecule has 0 aliphatic carbocycles. The van der Waals surface area contributed by atoms with Crippen molar-refractivity contribution in [3.63, 3.8) is 0 Å². The van der Waals surface area contributed by atoms with E-state index in [1.54, 1.807) is 12.1 Å². The lowest BCUT2D eigenvalue weighted by molar-refractivity contribution is 0.104. The predicted molar refractivity (Wildman–Crippen MR) is 96.1 cm³/mol. The molecule has 1 heterocycles. The average Bonchev–Trinajstić information content (AvgIpc) is 2.98. The number of thiophene rings is 1. The van der Waals surface area contributed by atoms with Crippen LogP contribution in [0.25, 0.3) is 6.08 Å². The molecule has 2 aromatic rings. The molecule has 4 nitrogen and oxygen atoms in total. The number of carbonyl (C=O) groups is 1. The summed E-state index contributed by atoms with van der Waals surface area (Å²) in [5, 5.41) is 11.5. The SMILES string of the molecule is CCOc1cc(/C=C(/C#N)C(=O)c2sccc2C)cc(Cl)c1OC. The first-order valence-corrected chi connectivity index (χ1v) is 8.48. The third-order valence-corrected chi connectivity index (χ3v) is 4.58. The van der Waals surface area contributed by atoms with Crippen LogP contribution in [0.4, 0.5) is 0 Å². The van der Waals surface area contributed by atoms with Crippen LogP contribution in [0.3, 0.4) is 0 Å². The van der Waals surface area contributed by atoms with Gasteiger partial charge in [-0.25, -0.2) is 0 Å². The van der Waals surface area contributed by atoms with Crippen LogP contribution in [-0.4, -0.2) is 19.5 Å². The Morgan fingerprint density at radius 1 is 1.46 bits per heavy atom. The molecule has 1 aromatic heterocycles. The van der Waals surface area contributed by atoms with Crippen molar-refractivity contribution < 1.29 is 14.3 Å². The quantitative estimate of drug-likeness (QED) is 0.417. The van der Waals surface area contributed by atoms with Gasteiger partial charge in [0.15, 0.2) is 11.5 Å². The van der Waals surface area contributed by atoms with Crippen LogP contribution in [0.5, 0.6) is 11.5 Å². The molecule has 2 rings (SSSR count). The number of carbonyl (C=O) groups excluding carboxylic acids is 1. The molecule has 1 aromatic carbocycles. The predicted octanol–water partition coefficient (Wildman–Crippen LogP) is 4.91. The number of ether oxygens (including phenoxy) is 2. The number of nitrogens with zero attached hydrogens (tertiary/aromatic N) is 1. The number of nitriles is 1. The second-order valence-corrected chi connectivity index (χ2v) is 6.22. The molecule has 0 atom stereocenters. The van der Waals surface area contributed by atoms with Crippen molar-refractivity contribution in [2.75, 3.05) is 13.7 Å². The first-order chi connectivity index (χ1) is 11.5. The number of allylic oxidation sites excluding steroid dienone is 1. The van der Waals surface area contributed by atoms with E-state index < -0.39 is 0 Å². The maximum atomic E-state index is 12.5. The van der Waals surface area contributed by atoms with E-state index in [-0.39, 0.29) is 11.4 Å². The van der Waals surface area contributed by atoms with E-state index in [4.69, 9.17) is 21.1 Å². The van der Waals surface area contributed by atoms with Gasteiger partial charge in [-0.2, -0.15) is 5.26 Å². The van der Waals surface area contributed by atoms with Gasteiger partial charge in [-0.15, -0.1) is 11.3 Å². The van der Waals surface area contributed by atoms with E-state index in [0.29, 0.717) is 33.6 Å². The van der Waals surface area contributed by atoms with Crippen molar-refractivity contribution >= 4 is 34.8 Å². The largest absolute Gasteiger partial charge is 0.491 e. The van der Waals surface area contributed by atoms with Gasteiger partial charge in [-0.3, -0.25) is 4.79 Å². The summed E-state index contributed by atoms with van der Waals surface area (Å²) in [6.07, 6.45) is 1.51. The molecule has 0 aliphatic rings. The number of hydrogen-bond donors (Lipinski definition) is 0. The number of hydrogen-bond acceptors (Lipinski definition) is 5. The lowest BCUT2D eigenvalue weighted by atomic mass is 10.0. The van der Waals surface area contributed by atoms with E-state index in [1.807, 2.05) is 31.4 Å². The molecular formula is C18H16ClNO3S. The third kappa shape index (κ3) is 3.78. The van der Waals surface area contributed by atoms with Crippen LogP contribution in [0, 0.1) is 18.3 Å². The second-order valence-electron chi connectivity index (χ2n) is 4.90. The second kappa shape index (κ2) is 8.00. The van der Waals surface area contributed by atoms with E-state index in [0.717, 1.165) is 5.56 Å². The summed E-state index contributed by atoms with van der Waals surface area (Å²) in [6, 6.07) is 7.15. The summed E-state index contributed by atoms with van der Waals surface area (Å²) in [5.74, 6) is 0.597. The van der Waals surface area contributed by atoms with Gasteiger partial charge in [0.1, 0.15) is 11.6 Å². The van der Waals surface area contributed by atoms with Gasteiger partial charge in [0.25, 0.3) is 0 Å². The smallest absolute Gasteiger partial charge is 0.213 e. The van der Waals surface area contributed by atoms with Crippen molar-refractivity contribution in [2.45, 2.75) is 13.8 Å². The number of halogens is 1. The molecule has 124 valence electrons. The average molecular weight is 362 g/mol. The molecule has 0 N–H and O–H groups in total. The topological polar surface area (TPSA) is 59.3 Å². The van der Waals surface area contributed by atoms with Gasteiger partial charge >= 0.3 is 0 Å². The molecule has 0 radical (unpaired) electrons. The van der Waals surface area contributed by atoms with Crippen LogP contribution in [-0.2, 0) is 0 Å². The highest BCUT2D eigenvalue weighted by molar-refractivity contribution is 7.12. The molecule has 0 unspecified atom stereocenters. The molecule has 24 heavy (non-hydrogen) atoms. The minimum atomic E-state index is -0.296. The van der Waals surface area contributed by atoms with Crippen molar-refractivity contribution in [3.8, 4) is 17.6 Å². The first-order valence-electron chi connectivity index (χ1n) is 7.22. The highest BCUT2D eigenvalue weighted by atomic mass is 35.5.